The van der Waals surface area contributed by atoms with Gasteiger partial charge >= 0.3 is 0 Å². The lowest BCUT2D eigenvalue weighted by atomic mass is 10.2. The summed E-state index contributed by atoms with van der Waals surface area (Å²) in [5, 5.41) is 21.9. The lowest BCUT2D eigenvalue weighted by molar-refractivity contribution is 0.0947. The van der Waals surface area contributed by atoms with E-state index < -0.39 is 44.8 Å². The van der Waals surface area contributed by atoms with Gasteiger partial charge in [0.15, 0.2) is 11.3 Å². The molecule has 1 saturated carbocycles. The number of aromatic amines is 1. The van der Waals surface area contributed by atoms with Crippen molar-refractivity contribution in [1.82, 2.24) is 25.5 Å². The van der Waals surface area contributed by atoms with Gasteiger partial charge in [-0.15, -0.1) is 0 Å². The minimum Gasteiger partial charge on any atom is -0.391 e. The molecule has 0 radical (unpaired) electrons. The number of aliphatic hydroxyl groups excluding tert-OH is 1. The van der Waals surface area contributed by atoms with Crippen molar-refractivity contribution in [2.45, 2.75) is 36.8 Å². The van der Waals surface area contributed by atoms with Crippen LogP contribution in [-0.4, -0.2) is 63.2 Å². The highest BCUT2D eigenvalue weighted by Crippen LogP contribution is 2.30. The van der Waals surface area contributed by atoms with Crippen molar-refractivity contribution in [3.8, 4) is 0 Å². The summed E-state index contributed by atoms with van der Waals surface area (Å²) in [5.41, 5.74) is 0.109. The highest BCUT2D eigenvalue weighted by molar-refractivity contribution is 7.91. The van der Waals surface area contributed by atoms with Crippen LogP contribution in [0.15, 0.2) is 24.5 Å². The summed E-state index contributed by atoms with van der Waals surface area (Å²) in [7, 11) is -3.33. The monoisotopic (exact) mass is 466 g/mol. The summed E-state index contributed by atoms with van der Waals surface area (Å²) < 4.78 is 50.9. The number of halogens is 2. The van der Waals surface area contributed by atoms with Gasteiger partial charge in [0.05, 0.1) is 22.8 Å². The minimum atomic E-state index is -3.33. The number of rotatable bonds is 6. The van der Waals surface area contributed by atoms with Crippen molar-refractivity contribution >= 4 is 32.6 Å². The number of nitrogens with one attached hydrogen (secondary N) is 3. The highest BCUT2D eigenvalue weighted by Gasteiger charge is 2.38. The second-order valence-electron chi connectivity index (χ2n) is 7.68. The van der Waals surface area contributed by atoms with Crippen LogP contribution in [0.3, 0.4) is 0 Å². The van der Waals surface area contributed by atoms with Crippen molar-refractivity contribution in [1.29, 1.82) is 0 Å². The van der Waals surface area contributed by atoms with Crippen molar-refractivity contribution in [3.63, 3.8) is 0 Å². The number of aliphatic hydroxyl groups is 1. The first-order valence-corrected chi connectivity index (χ1v) is 11.6. The fourth-order valence-corrected chi connectivity index (χ4v) is 4.83. The van der Waals surface area contributed by atoms with E-state index in [-0.39, 0.29) is 47.5 Å². The van der Waals surface area contributed by atoms with Crippen LogP contribution in [0.2, 0.25) is 0 Å². The van der Waals surface area contributed by atoms with Gasteiger partial charge in [-0.1, -0.05) is 0 Å². The predicted molar refractivity (Wildman–Crippen MR) is 110 cm³/mol. The maximum absolute atomic E-state index is 13.8. The molecule has 1 aliphatic carbocycles. The number of hydrogen-bond acceptors (Lipinski definition) is 8. The normalized spacial score (nSPS) is 21.1. The molecule has 0 saturated heterocycles. The third-order valence-electron chi connectivity index (χ3n) is 5.43. The highest BCUT2D eigenvalue weighted by atomic mass is 32.2. The van der Waals surface area contributed by atoms with Crippen LogP contribution in [0.4, 0.5) is 14.6 Å². The van der Waals surface area contributed by atoms with Gasteiger partial charge in [-0.25, -0.2) is 27.2 Å². The first kappa shape index (κ1) is 22.0. The molecule has 1 unspecified atom stereocenters. The molecule has 0 spiro atoms. The Bertz CT molecular complexity index is 1280. The Hall–Kier alpha value is -3.19. The number of carbonyl (C=O) groups excluding carboxylic acids is 1. The molecule has 1 aromatic carbocycles. The van der Waals surface area contributed by atoms with Gasteiger partial charge in [0.1, 0.15) is 33.6 Å². The Morgan fingerprint density at radius 1 is 1.28 bits per heavy atom. The number of amides is 1. The lowest BCUT2D eigenvalue weighted by Crippen LogP contribution is -2.29. The first-order chi connectivity index (χ1) is 15.1. The van der Waals surface area contributed by atoms with E-state index in [4.69, 9.17) is 0 Å². The van der Waals surface area contributed by atoms with E-state index in [0.717, 1.165) is 24.5 Å². The maximum Gasteiger partial charge on any atom is 0.272 e. The van der Waals surface area contributed by atoms with E-state index in [2.05, 4.69) is 30.8 Å². The molecule has 3 atom stereocenters. The zero-order chi connectivity index (χ0) is 23.0. The third kappa shape index (κ3) is 4.39. The first-order valence-electron chi connectivity index (χ1n) is 9.68. The zero-order valence-electron chi connectivity index (χ0n) is 16.8. The van der Waals surface area contributed by atoms with Crippen LogP contribution < -0.4 is 10.6 Å². The van der Waals surface area contributed by atoms with Gasteiger partial charge in [0, 0.05) is 18.4 Å². The second-order valence-corrected chi connectivity index (χ2v) is 10.0. The number of benzene rings is 1. The topological polar surface area (TPSA) is 150 Å². The van der Waals surface area contributed by atoms with Gasteiger partial charge in [-0.2, -0.15) is 5.10 Å². The summed E-state index contributed by atoms with van der Waals surface area (Å²) in [6.07, 6.45) is 1.67. The van der Waals surface area contributed by atoms with Crippen molar-refractivity contribution < 1.29 is 27.1 Å². The molecule has 3 aromatic rings. The van der Waals surface area contributed by atoms with Crippen molar-refractivity contribution in [2.24, 2.45) is 0 Å². The Kier molecular flexibility index (Phi) is 5.77. The van der Waals surface area contributed by atoms with E-state index in [1.165, 1.54) is 6.33 Å². The number of carbonyl (C=O) groups is 1. The van der Waals surface area contributed by atoms with Crippen LogP contribution >= 0.6 is 0 Å². The summed E-state index contributed by atoms with van der Waals surface area (Å²) in [6.45, 7) is -0.273. The molecule has 2 heterocycles. The van der Waals surface area contributed by atoms with Crippen LogP contribution in [0.1, 0.15) is 28.9 Å². The van der Waals surface area contributed by atoms with Crippen molar-refractivity contribution in [3.05, 3.63) is 47.4 Å². The largest absolute Gasteiger partial charge is 0.391 e. The van der Waals surface area contributed by atoms with E-state index in [1.807, 2.05) is 0 Å². The fourth-order valence-electron chi connectivity index (χ4n) is 3.72. The number of hydrogen-bond donors (Lipinski definition) is 4. The summed E-state index contributed by atoms with van der Waals surface area (Å²) in [5.74, 6) is -1.80. The fraction of sp³-hybridized carbons (Fsp3) is 0.368. The van der Waals surface area contributed by atoms with E-state index in [9.17, 15) is 27.1 Å². The molecule has 0 bridgehead atoms. The standard InChI is InChI=1S/C19H20F2N6O4S/c1-32(30,31)11-5-13(14(28)6-11)25-17-15-16(26-27-18(15)24-8-23-17)19(29)22-7-9-4-10(20)2-3-12(9)21/h2-4,8,11,13-14,28H,5-7H2,1H3,(H,22,29)(H2,23,24,25,26,27)/t11?,13-,14-/m1/s1. The molecule has 2 aromatic heterocycles. The van der Waals surface area contributed by atoms with E-state index in [0.29, 0.717) is 0 Å². The van der Waals surface area contributed by atoms with Crippen LogP contribution in [0, 0.1) is 11.6 Å². The molecule has 170 valence electrons. The molecule has 4 N–H and O–H groups in total. The number of anilines is 1. The Balaban J connectivity index is 1.56. The van der Waals surface area contributed by atoms with Crippen molar-refractivity contribution in [2.75, 3.05) is 11.6 Å². The Morgan fingerprint density at radius 2 is 2.06 bits per heavy atom. The number of sulfone groups is 1. The number of aromatic nitrogens is 4. The molecule has 32 heavy (non-hydrogen) atoms. The smallest absolute Gasteiger partial charge is 0.272 e. The molecular weight excluding hydrogens is 446 g/mol. The van der Waals surface area contributed by atoms with Gasteiger partial charge in [0.2, 0.25) is 0 Å². The zero-order valence-corrected chi connectivity index (χ0v) is 17.7. The SMILES string of the molecule is CS(=O)(=O)C1C[C@@H](O)[C@H](Nc2ncnc3[nH]nc(C(=O)NCc4cc(F)ccc4F)c23)C1. The van der Waals surface area contributed by atoms with Crippen LogP contribution in [-0.2, 0) is 16.4 Å². The predicted octanol–water partition coefficient (Wildman–Crippen LogP) is 0.910. The van der Waals surface area contributed by atoms with Gasteiger partial charge in [-0.3, -0.25) is 9.89 Å². The number of H-pyrrole nitrogens is 1. The Labute approximate surface area is 181 Å². The molecule has 1 fully saturated rings. The third-order valence-corrected chi connectivity index (χ3v) is 7.03. The van der Waals surface area contributed by atoms with Crippen LogP contribution in [0.25, 0.3) is 11.0 Å². The van der Waals surface area contributed by atoms with Gasteiger partial charge < -0.3 is 15.7 Å². The molecule has 1 amide bonds. The van der Waals surface area contributed by atoms with Gasteiger partial charge in [-0.05, 0) is 31.0 Å². The number of nitrogens with zero attached hydrogens (tertiary/aromatic N) is 3. The molecule has 10 nitrogen and oxygen atoms in total. The average Bonchev–Trinajstić information content (AvgIpc) is 3.33. The lowest BCUT2D eigenvalue weighted by Gasteiger charge is -2.17. The Morgan fingerprint density at radius 3 is 2.78 bits per heavy atom. The summed E-state index contributed by atoms with van der Waals surface area (Å²) >= 11 is 0. The molecular formula is C19H20F2N6O4S. The van der Waals surface area contributed by atoms with E-state index >= 15 is 0 Å². The summed E-state index contributed by atoms with van der Waals surface area (Å²) in [6, 6.07) is 2.31. The maximum atomic E-state index is 13.8. The molecule has 13 heteroatoms. The second kappa shape index (κ2) is 8.39. The molecule has 0 aliphatic heterocycles. The number of fused-ring (bicyclic) bond motifs is 1. The molecule has 4 rings (SSSR count). The van der Waals surface area contributed by atoms with E-state index in [1.54, 1.807) is 0 Å². The minimum absolute atomic E-state index is 0.0336. The molecule has 1 aliphatic rings. The summed E-state index contributed by atoms with van der Waals surface area (Å²) in [4.78, 5) is 20.8. The average molecular weight is 466 g/mol. The van der Waals surface area contributed by atoms with Crippen LogP contribution in [0.5, 0.6) is 0 Å². The van der Waals surface area contributed by atoms with Gasteiger partial charge in [0.25, 0.3) is 5.91 Å². The quantitative estimate of drug-likeness (QED) is 0.419.